The third kappa shape index (κ3) is 2.98. The summed E-state index contributed by atoms with van der Waals surface area (Å²) in [5.74, 6) is -0.213. The predicted molar refractivity (Wildman–Crippen MR) is 86.1 cm³/mol. The molecule has 122 valence electrons. The molecule has 6 heteroatoms. The Morgan fingerprint density at radius 1 is 1.41 bits per heavy atom. The second kappa shape index (κ2) is 6.94. The first-order chi connectivity index (χ1) is 10.2. The van der Waals surface area contributed by atoms with Crippen LogP contribution in [0.1, 0.15) is 18.4 Å². The lowest BCUT2D eigenvalue weighted by atomic mass is 9.78. The summed E-state index contributed by atoms with van der Waals surface area (Å²) in [6, 6.07) is 4.72. The first-order valence-electron chi connectivity index (χ1n) is 7.46. The molecule has 0 radical (unpaired) electrons. The summed E-state index contributed by atoms with van der Waals surface area (Å²) >= 11 is 0. The smallest absolute Gasteiger partial charge is 0.235 e. The topological polar surface area (TPSA) is 41.6 Å². The second-order valence-corrected chi connectivity index (χ2v) is 5.94. The summed E-state index contributed by atoms with van der Waals surface area (Å²) in [5, 5.41) is 3.29. The lowest BCUT2D eigenvalue weighted by molar-refractivity contribution is -0.133. The summed E-state index contributed by atoms with van der Waals surface area (Å²) in [6.45, 7) is 2.70. The second-order valence-electron chi connectivity index (χ2n) is 5.94. The molecule has 1 N–H and O–H groups in total. The standard InChI is InChI=1S/C16H21FN2O2.ClH/c1-21-11-16(5-7-18-8-6-16)15(20)19-9-4-12-2-3-13(17)10-14(12)19;/h2-3,10,18H,4-9,11H2,1H3;1H. The van der Waals surface area contributed by atoms with E-state index in [2.05, 4.69) is 5.32 Å². The SMILES string of the molecule is COCC1(C(=O)N2CCc3ccc(F)cc32)CCNCC1.Cl. The van der Waals surface area contributed by atoms with E-state index in [0.717, 1.165) is 43.6 Å². The van der Waals surface area contributed by atoms with Gasteiger partial charge in [0, 0.05) is 19.3 Å². The maximum atomic E-state index is 13.5. The van der Waals surface area contributed by atoms with Gasteiger partial charge in [-0.05, 0) is 50.0 Å². The number of rotatable bonds is 3. The van der Waals surface area contributed by atoms with Crippen LogP contribution < -0.4 is 10.2 Å². The van der Waals surface area contributed by atoms with E-state index in [9.17, 15) is 9.18 Å². The molecule has 0 saturated carbocycles. The minimum Gasteiger partial charge on any atom is -0.384 e. The summed E-state index contributed by atoms with van der Waals surface area (Å²) < 4.78 is 18.8. The third-order valence-electron chi connectivity index (χ3n) is 4.62. The molecule has 1 aromatic carbocycles. The number of hydrogen-bond acceptors (Lipinski definition) is 3. The highest BCUT2D eigenvalue weighted by atomic mass is 35.5. The number of methoxy groups -OCH3 is 1. The van der Waals surface area contributed by atoms with E-state index in [-0.39, 0.29) is 24.1 Å². The van der Waals surface area contributed by atoms with Gasteiger partial charge in [0.2, 0.25) is 5.91 Å². The molecule has 4 nitrogen and oxygen atoms in total. The lowest BCUT2D eigenvalue weighted by Gasteiger charge is -2.38. The number of carbonyl (C=O) groups excluding carboxylic acids is 1. The van der Waals surface area contributed by atoms with Gasteiger partial charge in [-0.2, -0.15) is 0 Å². The van der Waals surface area contributed by atoms with Gasteiger partial charge in [0.05, 0.1) is 12.0 Å². The molecule has 22 heavy (non-hydrogen) atoms. The van der Waals surface area contributed by atoms with Crippen LogP contribution in [-0.4, -0.2) is 39.3 Å². The molecule has 2 aliphatic rings. The van der Waals surface area contributed by atoms with E-state index in [1.54, 1.807) is 18.1 Å². The van der Waals surface area contributed by atoms with E-state index >= 15 is 0 Å². The summed E-state index contributed by atoms with van der Waals surface area (Å²) in [6.07, 6.45) is 2.32. The van der Waals surface area contributed by atoms with E-state index < -0.39 is 5.41 Å². The van der Waals surface area contributed by atoms with Crippen molar-refractivity contribution in [3.8, 4) is 0 Å². The van der Waals surface area contributed by atoms with Gasteiger partial charge in [-0.15, -0.1) is 12.4 Å². The van der Waals surface area contributed by atoms with E-state index in [1.165, 1.54) is 12.1 Å². The minimum absolute atomic E-state index is 0. The van der Waals surface area contributed by atoms with E-state index in [4.69, 9.17) is 4.74 Å². The van der Waals surface area contributed by atoms with Gasteiger partial charge in [0.1, 0.15) is 5.82 Å². The Kier molecular flexibility index (Phi) is 5.42. The van der Waals surface area contributed by atoms with Crippen LogP contribution in [0.25, 0.3) is 0 Å². The largest absolute Gasteiger partial charge is 0.384 e. The number of anilines is 1. The number of nitrogens with one attached hydrogen (secondary N) is 1. The third-order valence-corrected chi connectivity index (χ3v) is 4.62. The van der Waals surface area contributed by atoms with Crippen molar-refractivity contribution >= 4 is 24.0 Å². The number of carbonyl (C=O) groups is 1. The Bertz CT molecular complexity index is 541. The van der Waals surface area contributed by atoms with Gasteiger partial charge in [0.15, 0.2) is 0 Å². The van der Waals surface area contributed by atoms with Crippen LogP contribution in [0.15, 0.2) is 18.2 Å². The molecule has 1 fully saturated rings. The Hall–Kier alpha value is -1.17. The molecule has 0 unspecified atom stereocenters. The summed E-state index contributed by atoms with van der Waals surface area (Å²) in [4.78, 5) is 14.8. The molecular weight excluding hydrogens is 307 g/mol. The monoisotopic (exact) mass is 328 g/mol. The molecule has 0 atom stereocenters. The molecule has 0 spiro atoms. The quantitative estimate of drug-likeness (QED) is 0.924. The van der Waals surface area contributed by atoms with Crippen LogP contribution >= 0.6 is 12.4 Å². The number of hydrogen-bond donors (Lipinski definition) is 1. The highest BCUT2D eigenvalue weighted by Crippen LogP contribution is 2.37. The van der Waals surface area contributed by atoms with Gasteiger partial charge in [0.25, 0.3) is 0 Å². The van der Waals surface area contributed by atoms with Crippen LogP contribution in [0, 0.1) is 11.2 Å². The van der Waals surface area contributed by atoms with Crippen molar-refractivity contribution in [2.75, 3.05) is 38.3 Å². The zero-order chi connectivity index (χ0) is 14.9. The van der Waals surface area contributed by atoms with Crippen LogP contribution in [0.4, 0.5) is 10.1 Å². The van der Waals surface area contributed by atoms with Crippen LogP contribution in [-0.2, 0) is 16.0 Å². The Morgan fingerprint density at radius 2 is 2.14 bits per heavy atom. The summed E-state index contributed by atoms with van der Waals surface area (Å²) in [5.41, 5.74) is 1.30. The molecule has 1 amide bonds. The normalized spacial score (nSPS) is 19.5. The first-order valence-corrected chi connectivity index (χ1v) is 7.46. The van der Waals surface area contributed by atoms with Gasteiger partial charge >= 0.3 is 0 Å². The molecule has 2 heterocycles. The fourth-order valence-electron chi connectivity index (χ4n) is 3.45. The average molecular weight is 329 g/mol. The molecule has 2 aliphatic heterocycles. The van der Waals surface area contributed by atoms with Crippen LogP contribution in [0.2, 0.25) is 0 Å². The number of fused-ring (bicyclic) bond motifs is 1. The highest BCUT2D eigenvalue weighted by molar-refractivity contribution is 5.99. The maximum absolute atomic E-state index is 13.5. The molecule has 0 aliphatic carbocycles. The lowest BCUT2D eigenvalue weighted by Crippen LogP contribution is -2.51. The summed E-state index contributed by atoms with van der Waals surface area (Å²) in [7, 11) is 1.63. The van der Waals surface area contributed by atoms with Crippen molar-refractivity contribution < 1.29 is 13.9 Å². The number of nitrogens with zero attached hydrogens (tertiary/aromatic N) is 1. The first kappa shape index (κ1) is 17.2. The molecule has 1 saturated heterocycles. The fraction of sp³-hybridized carbons (Fsp3) is 0.562. The van der Waals surface area contributed by atoms with Gasteiger partial charge in [-0.1, -0.05) is 6.07 Å². The van der Waals surface area contributed by atoms with Crippen LogP contribution in [0.3, 0.4) is 0 Å². The maximum Gasteiger partial charge on any atom is 0.235 e. The van der Waals surface area contributed by atoms with E-state index in [1.807, 2.05) is 0 Å². The van der Waals surface area contributed by atoms with Crippen molar-refractivity contribution in [2.45, 2.75) is 19.3 Å². The van der Waals surface area contributed by atoms with Crippen molar-refractivity contribution in [3.63, 3.8) is 0 Å². The van der Waals surface area contributed by atoms with Crippen molar-refractivity contribution in [1.82, 2.24) is 5.32 Å². The molecule has 0 bridgehead atoms. The van der Waals surface area contributed by atoms with Crippen LogP contribution in [0.5, 0.6) is 0 Å². The highest BCUT2D eigenvalue weighted by Gasteiger charge is 2.44. The number of ether oxygens (including phenoxy) is 1. The van der Waals surface area contributed by atoms with Crippen molar-refractivity contribution in [2.24, 2.45) is 5.41 Å². The number of amides is 1. The minimum atomic E-state index is -0.478. The molecule has 1 aromatic rings. The number of halogens is 2. The fourth-order valence-corrected chi connectivity index (χ4v) is 3.45. The Labute approximate surface area is 136 Å². The van der Waals surface area contributed by atoms with Crippen molar-refractivity contribution in [3.05, 3.63) is 29.6 Å². The van der Waals surface area contributed by atoms with Gasteiger partial charge in [-0.25, -0.2) is 4.39 Å². The van der Waals surface area contributed by atoms with Gasteiger partial charge < -0.3 is 15.0 Å². The number of piperidine rings is 1. The molecule has 3 rings (SSSR count). The zero-order valence-corrected chi connectivity index (χ0v) is 13.5. The average Bonchev–Trinajstić information content (AvgIpc) is 2.90. The molecular formula is C16H22ClFN2O2. The zero-order valence-electron chi connectivity index (χ0n) is 12.7. The van der Waals surface area contributed by atoms with Crippen molar-refractivity contribution in [1.29, 1.82) is 0 Å². The van der Waals surface area contributed by atoms with Gasteiger partial charge in [-0.3, -0.25) is 4.79 Å². The Balaban J connectivity index is 0.00000176. The molecule has 0 aromatic heterocycles. The Morgan fingerprint density at radius 3 is 2.82 bits per heavy atom. The predicted octanol–water partition coefficient (Wildman–Crippen LogP) is 2.15. The van der Waals surface area contributed by atoms with E-state index in [0.29, 0.717) is 13.2 Å². The number of benzene rings is 1.